The smallest absolute Gasteiger partial charge is 0.141 e. The Bertz CT molecular complexity index is 364. The number of alkyl halides is 1. The molecule has 18 heavy (non-hydrogen) atoms. The Hall–Kier alpha value is -0.420. The summed E-state index contributed by atoms with van der Waals surface area (Å²) >= 11 is 3.55. The van der Waals surface area contributed by atoms with Crippen LogP contribution in [0.2, 0.25) is 0 Å². The lowest BCUT2D eigenvalue weighted by atomic mass is 10.2. The number of hydrogen-bond acceptors (Lipinski definition) is 3. The molecule has 0 saturated carbocycles. The van der Waals surface area contributed by atoms with Gasteiger partial charge in [0.15, 0.2) is 0 Å². The van der Waals surface area contributed by atoms with Crippen molar-refractivity contribution in [3.8, 4) is 0 Å². The summed E-state index contributed by atoms with van der Waals surface area (Å²) in [6, 6.07) is 0.716. The van der Waals surface area contributed by atoms with Gasteiger partial charge >= 0.3 is 0 Å². The Kier molecular flexibility index (Phi) is 5.18. The molecule has 1 aromatic heterocycles. The van der Waals surface area contributed by atoms with Crippen molar-refractivity contribution in [1.82, 2.24) is 19.7 Å². The molecule has 1 fully saturated rings. The van der Waals surface area contributed by atoms with Crippen LogP contribution in [0.3, 0.4) is 0 Å². The zero-order chi connectivity index (χ0) is 13.0. The van der Waals surface area contributed by atoms with Crippen molar-refractivity contribution in [3.05, 3.63) is 12.2 Å². The predicted molar refractivity (Wildman–Crippen MR) is 76.7 cm³/mol. The van der Waals surface area contributed by atoms with Gasteiger partial charge in [-0.1, -0.05) is 29.8 Å². The molecule has 1 aliphatic rings. The fourth-order valence-corrected chi connectivity index (χ4v) is 3.18. The quantitative estimate of drug-likeness (QED) is 0.757. The predicted octanol–water partition coefficient (Wildman–Crippen LogP) is 2.68. The molecule has 0 aliphatic carbocycles. The number of halogens is 1. The highest BCUT2D eigenvalue weighted by atomic mass is 79.9. The summed E-state index contributed by atoms with van der Waals surface area (Å²) in [4.78, 5) is 6.98. The molecular formula is C13H23BrN4. The highest BCUT2D eigenvalue weighted by Gasteiger charge is 2.25. The first-order chi connectivity index (χ1) is 8.70. The van der Waals surface area contributed by atoms with Crippen LogP contribution in [0.4, 0.5) is 0 Å². The molecule has 1 atom stereocenters. The molecule has 4 nitrogen and oxygen atoms in total. The Balaban J connectivity index is 1.98. The Morgan fingerprint density at radius 3 is 3.06 bits per heavy atom. The molecule has 1 aliphatic heterocycles. The van der Waals surface area contributed by atoms with E-state index in [-0.39, 0.29) is 0 Å². The van der Waals surface area contributed by atoms with Crippen LogP contribution in [0, 0.1) is 5.92 Å². The minimum atomic E-state index is 0.613. The maximum absolute atomic E-state index is 4.43. The van der Waals surface area contributed by atoms with Gasteiger partial charge < -0.3 is 0 Å². The topological polar surface area (TPSA) is 34.0 Å². The largest absolute Gasteiger partial charge is 0.293 e. The standard InChI is InChI=1S/C13H23BrN4/c1-11(2)8-18-13(15-10-16-18)9-17-7-3-4-12(17)5-6-14/h10-12H,3-9H2,1-2H3. The lowest BCUT2D eigenvalue weighted by Gasteiger charge is -2.23. The maximum atomic E-state index is 4.43. The van der Waals surface area contributed by atoms with Crippen LogP contribution >= 0.6 is 15.9 Å². The number of nitrogens with zero attached hydrogens (tertiary/aromatic N) is 4. The van der Waals surface area contributed by atoms with Crippen LogP contribution in [0.25, 0.3) is 0 Å². The van der Waals surface area contributed by atoms with E-state index in [4.69, 9.17) is 0 Å². The fraction of sp³-hybridized carbons (Fsp3) is 0.846. The molecule has 2 rings (SSSR count). The Morgan fingerprint density at radius 2 is 2.33 bits per heavy atom. The van der Waals surface area contributed by atoms with Crippen molar-refractivity contribution in [3.63, 3.8) is 0 Å². The van der Waals surface area contributed by atoms with E-state index >= 15 is 0 Å². The minimum Gasteiger partial charge on any atom is -0.293 e. The molecule has 0 amide bonds. The van der Waals surface area contributed by atoms with Gasteiger partial charge in [-0.2, -0.15) is 5.10 Å². The highest BCUT2D eigenvalue weighted by Crippen LogP contribution is 2.22. The van der Waals surface area contributed by atoms with Crippen LogP contribution in [-0.2, 0) is 13.1 Å². The molecule has 2 heterocycles. The van der Waals surface area contributed by atoms with Gasteiger partial charge in [0.2, 0.25) is 0 Å². The summed E-state index contributed by atoms with van der Waals surface area (Å²) in [6.45, 7) is 7.55. The van der Waals surface area contributed by atoms with Crippen molar-refractivity contribution in [2.75, 3.05) is 11.9 Å². The molecule has 0 bridgehead atoms. The van der Waals surface area contributed by atoms with E-state index in [2.05, 4.69) is 49.4 Å². The van der Waals surface area contributed by atoms with Crippen LogP contribution < -0.4 is 0 Å². The minimum absolute atomic E-state index is 0.613. The number of likely N-dealkylation sites (tertiary alicyclic amines) is 1. The van der Waals surface area contributed by atoms with Crippen molar-refractivity contribution >= 4 is 15.9 Å². The van der Waals surface area contributed by atoms with Gasteiger partial charge in [0, 0.05) is 17.9 Å². The van der Waals surface area contributed by atoms with Crippen LogP contribution in [0.1, 0.15) is 38.9 Å². The first kappa shape index (κ1) is 14.0. The number of aromatic nitrogens is 3. The van der Waals surface area contributed by atoms with E-state index in [1.54, 1.807) is 6.33 Å². The van der Waals surface area contributed by atoms with E-state index in [0.29, 0.717) is 12.0 Å². The van der Waals surface area contributed by atoms with Gasteiger partial charge in [0.05, 0.1) is 6.54 Å². The summed E-state index contributed by atoms with van der Waals surface area (Å²) in [5, 5.41) is 5.43. The van der Waals surface area contributed by atoms with E-state index in [0.717, 1.165) is 24.2 Å². The van der Waals surface area contributed by atoms with E-state index < -0.39 is 0 Å². The second-order valence-electron chi connectivity index (χ2n) is 5.50. The average Bonchev–Trinajstić information content (AvgIpc) is 2.91. The van der Waals surface area contributed by atoms with Crippen LogP contribution in [0.5, 0.6) is 0 Å². The van der Waals surface area contributed by atoms with Crippen LogP contribution in [-0.4, -0.2) is 37.6 Å². The number of hydrogen-bond donors (Lipinski definition) is 0. The first-order valence-corrected chi connectivity index (χ1v) is 7.99. The first-order valence-electron chi connectivity index (χ1n) is 6.87. The van der Waals surface area contributed by atoms with Gasteiger partial charge in [-0.25, -0.2) is 9.67 Å². The monoisotopic (exact) mass is 314 g/mol. The average molecular weight is 315 g/mol. The molecule has 5 heteroatoms. The second kappa shape index (κ2) is 6.66. The lowest BCUT2D eigenvalue weighted by Crippen LogP contribution is -2.30. The Labute approximate surface area is 118 Å². The molecule has 0 aromatic carbocycles. The molecule has 0 spiro atoms. The van der Waals surface area contributed by atoms with E-state index in [9.17, 15) is 0 Å². The van der Waals surface area contributed by atoms with Gasteiger partial charge in [-0.05, 0) is 31.7 Å². The molecule has 1 aromatic rings. The zero-order valence-electron chi connectivity index (χ0n) is 11.3. The SMILES string of the molecule is CC(C)Cn1ncnc1CN1CCCC1CCBr. The van der Waals surface area contributed by atoms with E-state index in [1.807, 2.05) is 0 Å². The summed E-state index contributed by atoms with van der Waals surface area (Å²) in [6.07, 6.45) is 5.56. The summed E-state index contributed by atoms with van der Waals surface area (Å²) in [7, 11) is 0. The fourth-order valence-electron chi connectivity index (χ4n) is 2.65. The van der Waals surface area contributed by atoms with Gasteiger partial charge in [-0.15, -0.1) is 0 Å². The second-order valence-corrected chi connectivity index (χ2v) is 6.29. The van der Waals surface area contributed by atoms with Crippen LogP contribution in [0.15, 0.2) is 6.33 Å². The summed E-state index contributed by atoms with van der Waals surface area (Å²) in [5.41, 5.74) is 0. The summed E-state index contributed by atoms with van der Waals surface area (Å²) in [5.74, 6) is 1.73. The summed E-state index contributed by atoms with van der Waals surface area (Å²) < 4.78 is 2.06. The molecule has 1 unspecified atom stereocenters. The zero-order valence-corrected chi connectivity index (χ0v) is 12.9. The van der Waals surface area contributed by atoms with Gasteiger partial charge in [-0.3, -0.25) is 4.90 Å². The van der Waals surface area contributed by atoms with Crippen molar-refractivity contribution in [2.24, 2.45) is 5.92 Å². The molecule has 1 saturated heterocycles. The molecule has 0 N–H and O–H groups in total. The van der Waals surface area contributed by atoms with Gasteiger partial charge in [0.25, 0.3) is 0 Å². The normalized spacial score (nSPS) is 21.0. The Morgan fingerprint density at radius 1 is 1.50 bits per heavy atom. The molecule has 102 valence electrons. The number of rotatable bonds is 6. The third kappa shape index (κ3) is 3.54. The van der Waals surface area contributed by atoms with Gasteiger partial charge in [0.1, 0.15) is 12.2 Å². The van der Waals surface area contributed by atoms with E-state index in [1.165, 1.54) is 25.8 Å². The maximum Gasteiger partial charge on any atom is 0.141 e. The highest BCUT2D eigenvalue weighted by molar-refractivity contribution is 9.09. The lowest BCUT2D eigenvalue weighted by molar-refractivity contribution is 0.229. The molecule has 0 radical (unpaired) electrons. The third-order valence-electron chi connectivity index (χ3n) is 3.52. The van der Waals surface area contributed by atoms with Crippen molar-refractivity contribution in [2.45, 2.75) is 52.2 Å². The van der Waals surface area contributed by atoms with Crippen molar-refractivity contribution in [1.29, 1.82) is 0 Å². The van der Waals surface area contributed by atoms with Crippen molar-refractivity contribution < 1.29 is 0 Å². The third-order valence-corrected chi connectivity index (χ3v) is 3.98. The molecular weight excluding hydrogens is 292 g/mol.